The first-order valence-electron chi connectivity index (χ1n) is 9.39. The van der Waals surface area contributed by atoms with Gasteiger partial charge >= 0.3 is 6.18 Å². The average Bonchev–Trinajstić information content (AvgIpc) is 3.23. The van der Waals surface area contributed by atoms with Crippen molar-refractivity contribution in [1.82, 2.24) is 9.88 Å². The van der Waals surface area contributed by atoms with Crippen molar-refractivity contribution < 1.29 is 27.1 Å². The Labute approximate surface area is 172 Å². The first kappa shape index (κ1) is 21.4. The van der Waals surface area contributed by atoms with Gasteiger partial charge in [0.15, 0.2) is 5.76 Å². The number of benzene rings is 2. The summed E-state index contributed by atoms with van der Waals surface area (Å²) in [7, 11) is 1.29. The molecule has 1 aromatic heterocycles. The summed E-state index contributed by atoms with van der Waals surface area (Å²) in [6.07, 6.45) is -3.06. The quantitative estimate of drug-likeness (QED) is 0.529. The second kappa shape index (κ2) is 8.61. The van der Waals surface area contributed by atoms with E-state index in [9.17, 15) is 18.0 Å². The third kappa shape index (κ3) is 4.32. The highest BCUT2D eigenvalue weighted by Gasteiger charge is 2.31. The molecule has 0 aliphatic heterocycles. The zero-order chi connectivity index (χ0) is 21.9. The van der Waals surface area contributed by atoms with E-state index in [0.29, 0.717) is 29.8 Å². The van der Waals surface area contributed by atoms with Crippen molar-refractivity contribution in [1.29, 1.82) is 0 Å². The number of rotatable bonds is 6. The highest BCUT2D eigenvalue weighted by atomic mass is 19.4. The van der Waals surface area contributed by atoms with E-state index in [1.807, 2.05) is 13.8 Å². The minimum atomic E-state index is -4.48. The molecule has 0 spiro atoms. The monoisotopic (exact) mass is 418 g/mol. The SMILES string of the molecule is CCN(CC)C(=O)c1cccc(-c2ncc(-c3ccc(C(F)(F)F)cc3OC)o2)c1. The van der Waals surface area contributed by atoms with E-state index in [-0.39, 0.29) is 23.3 Å². The Morgan fingerprint density at radius 3 is 2.50 bits per heavy atom. The Hall–Kier alpha value is -3.29. The van der Waals surface area contributed by atoms with Gasteiger partial charge in [-0.25, -0.2) is 4.98 Å². The van der Waals surface area contributed by atoms with Gasteiger partial charge in [0.05, 0.1) is 24.4 Å². The van der Waals surface area contributed by atoms with E-state index in [0.717, 1.165) is 12.1 Å². The Balaban J connectivity index is 1.94. The van der Waals surface area contributed by atoms with E-state index < -0.39 is 11.7 Å². The largest absolute Gasteiger partial charge is 0.496 e. The summed E-state index contributed by atoms with van der Waals surface area (Å²) in [5.74, 6) is 0.438. The van der Waals surface area contributed by atoms with Crippen molar-refractivity contribution in [2.75, 3.05) is 20.2 Å². The molecule has 1 heterocycles. The highest BCUT2D eigenvalue weighted by molar-refractivity contribution is 5.95. The number of nitrogens with zero attached hydrogens (tertiary/aromatic N) is 2. The van der Waals surface area contributed by atoms with Crippen LogP contribution < -0.4 is 4.74 Å². The van der Waals surface area contributed by atoms with E-state index in [1.54, 1.807) is 29.2 Å². The van der Waals surface area contributed by atoms with Crippen molar-refractivity contribution in [3.05, 3.63) is 59.8 Å². The molecule has 2 aromatic carbocycles. The van der Waals surface area contributed by atoms with Gasteiger partial charge in [-0.2, -0.15) is 13.2 Å². The van der Waals surface area contributed by atoms with Gasteiger partial charge in [-0.3, -0.25) is 4.79 Å². The molecule has 3 rings (SSSR count). The standard InChI is InChI=1S/C22H21F3N2O3/c1-4-27(5-2)21(28)15-8-6-7-14(11-15)20-26-13-19(30-20)17-10-9-16(22(23,24)25)12-18(17)29-3/h6-13H,4-5H2,1-3H3. The number of aromatic nitrogens is 1. The molecule has 158 valence electrons. The van der Waals surface area contributed by atoms with Gasteiger partial charge in [-0.05, 0) is 50.2 Å². The highest BCUT2D eigenvalue weighted by Crippen LogP contribution is 2.38. The Morgan fingerprint density at radius 2 is 1.87 bits per heavy atom. The van der Waals surface area contributed by atoms with Gasteiger partial charge in [0.25, 0.3) is 5.91 Å². The topological polar surface area (TPSA) is 55.6 Å². The third-order valence-electron chi connectivity index (χ3n) is 4.71. The number of hydrogen-bond acceptors (Lipinski definition) is 4. The molecule has 0 fully saturated rings. The average molecular weight is 418 g/mol. The molecule has 0 N–H and O–H groups in total. The fraction of sp³-hybridized carbons (Fsp3) is 0.273. The lowest BCUT2D eigenvalue weighted by molar-refractivity contribution is -0.137. The summed E-state index contributed by atoms with van der Waals surface area (Å²) in [6, 6.07) is 10.0. The molecule has 0 aliphatic rings. The number of halogens is 3. The molecule has 5 nitrogen and oxygen atoms in total. The van der Waals surface area contributed by atoms with E-state index in [2.05, 4.69) is 4.98 Å². The molecule has 1 amide bonds. The molecule has 0 saturated heterocycles. The smallest absolute Gasteiger partial charge is 0.416 e. The number of hydrogen-bond donors (Lipinski definition) is 0. The van der Waals surface area contributed by atoms with Crippen LogP contribution in [-0.4, -0.2) is 36.0 Å². The van der Waals surface area contributed by atoms with Gasteiger partial charge < -0.3 is 14.1 Å². The number of alkyl halides is 3. The fourth-order valence-electron chi connectivity index (χ4n) is 3.08. The van der Waals surface area contributed by atoms with E-state index in [4.69, 9.17) is 9.15 Å². The van der Waals surface area contributed by atoms with Crippen LogP contribution in [0.2, 0.25) is 0 Å². The van der Waals surface area contributed by atoms with E-state index in [1.165, 1.54) is 19.4 Å². The third-order valence-corrected chi connectivity index (χ3v) is 4.71. The van der Waals surface area contributed by atoms with Crippen LogP contribution in [0.4, 0.5) is 13.2 Å². The molecule has 0 atom stereocenters. The Morgan fingerprint density at radius 1 is 1.13 bits per heavy atom. The maximum atomic E-state index is 13.0. The van der Waals surface area contributed by atoms with Gasteiger partial charge in [0, 0.05) is 24.2 Å². The van der Waals surface area contributed by atoms with Crippen LogP contribution in [0.3, 0.4) is 0 Å². The van der Waals surface area contributed by atoms with Crippen molar-refractivity contribution in [3.8, 4) is 28.5 Å². The summed E-state index contributed by atoms with van der Waals surface area (Å²) in [5, 5.41) is 0. The minimum Gasteiger partial charge on any atom is -0.496 e. The Kier molecular flexibility index (Phi) is 6.14. The maximum Gasteiger partial charge on any atom is 0.416 e. The lowest BCUT2D eigenvalue weighted by Crippen LogP contribution is -2.30. The summed E-state index contributed by atoms with van der Waals surface area (Å²) in [5.41, 5.74) is 0.623. The van der Waals surface area contributed by atoms with Crippen molar-refractivity contribution in [2.24, 2.45) is 0 Å². The van der Waals surface area contributed by atoms with Crippen molar-refractivity contribution in [2.45, 2.75) is 20.0 Å². The molecule has 0 radical (unpaired) electrons. The number of amides is 1. The molecule has 0 unspecified atom stereocenters. The number of carbonyl (C=O) groups is 1. The van der Waals surface area contributed by atoms with Crippen LogP contribution in [0.1, 0.15) is 29.8 Å². The number of ether oxygens (including phenoxy) is 1. The molecular formula is C22H21F3N2O3. The van der Waals surface area contributed by atoms with Crippen LogP contribution in [-0.2, 0) is 6.18 Å². The van der Waals surface area contributed by atoms with Gasteiger partial charge in [0.1, 0.15) is 5.75 Å². The first-order chi connectivity index (χ1) is 14.3. The molecule has 8 heteroatoms. The zero-order valence-corrected chi connectivity index (χ0v) is 16.8. The van der Waals surface area contributed by atoms with Gasteiger partial charge in [0.2, 0.25) is 5.89 Å². The predicted molar refractivity (Wildman–Crippen MR) is 106 cm³/mol. The number of methoxy groups -OCH3 is 1. The van der Waals surface area contributed by atoms with Gasteiger partial charge in [-0.15, -0.1) is 0 Å². The van der Waals surface area contributed by atoms with Crippen LogP contribution in [0.5, 0.6) is 5.75 Å². The van der Waals surface area contributed by atoms with E-state index >= 15 is 0 Å². The van der Waals surface area contributed by atoms with Crippen molar-refractivity contribution in [3.63, 3.8) is 0 Å². The van der Waals surface area contributed by atoms with Crippen LogP contribution >= 0.6 is 0 Å². The second-order valence-corrected chi connectivity index (χ2v) is 6.50. The molecule has 0 saturated carbocycles. The molecule has 3 aromatic rings. The zero-order valence-electron chi connectivity index (χ0n) is 16.8. The molecule has 0 aliphatic carbocycles. The van der Waals surface area contributed by atoms with Crippen LogP contribution in [0.15, 0.2) is 53.1 Å². The molecule has 30 heavy (non-hydrogen) atoms. The molecule has 0 bridgehead atoms. The predicted octanol–water partition coefficient (Wildman–Crippen LogP) is 5.52. The molecular weight excluding hydrogens is 397 g/mol. The summed E-state index contributed by atoms with van der Waals surface area (Å²) in [6.45, 7) is 5.00. The minimum absolute atomic E-state index is 0.0259. The lowest BCUT2D eigenvalue weighted by Gasteiger charge is -2.18. The first-order valence-corrected chi connectivity index (χ1v) is 9.39. The summed E-state index contributed by atoms with van der Waals surface area (Å²) >= 11 is 0. The maximum absolute atomic E-state index is 13.0. The summed E-state index contributed by atoms with van der Waals surface area (Å²) < 4.78 is 49.7. The van der Waals surface area contributed by atoms with Crippen LogP contribution in [0, 0.1) is 0 Å². The number of oxazole rings is 1. The fourth-order valence-corrected chi connectivity index (χ4v) is 3.08. The van der Waals surface area contributed by atoms with Gasteiger partial charge in [-0.1, -0.05) is 6.07 Å². The van der Waals surface area contributed by atoms with Crippen LogP contribution in [0.25, 0.3) is 22.8 Å². The normalized spacial score (nSPS) is 11.4. The summed E-state index contributed by atoms with van der Waals surface area (Å²) in [4.78, 5) is 18.5. The second-order valence-electron chi connectivity index (χ2n) is 6.50. The van der Waals surface area contributed by atoms with Crippen molar-refractivity contribution >= 4 is 5.91 Å². The lowest BCUT2D eigenvalue weighted by atomic mass is 10.1. The number of carbonyl (C=O) groups excluding carboxylic acids is 1. The Bertz CT molecular complexity index is 1040.